The highest BCUT2D eigenvalue weighted by Crippen LogP contribution is 2.18. The second kappa shape index (κ2) is 6.71. The van der Waals surface area contributed by atoms with E-state index in [2.05, 4.69) is 15.6 Å². The van der Waals surface area contributed by atoms with Crippen molar-refractivity contribution in [1.29, 1.82) is 0 Å². The van der Waals surface area contributed by atoms with Gasteiger partial charge in [0, 0.05) is 5.75 Å². The van der Waals surface area contributed by atoms with Crippen molar-refractivity contribution in [1.82, 2.24) is 10.6 Å². The Morgan fingerprint density at radius 1 is 1.45 bits per heavy atom. The maximum absolute atomic E-state index is 13.5. The smallest absolute Gasteiger partial charge is 0.256 e. The predicted molar refractivity (Wildman–Crippen MR) is 76.6 cm³/mol. The van der Waals surface area contributed by atoms with Gasteiger partial charge in [-0.3, -0.25) is 14.6 Å². The minimum Gasteiger partial charge on any atom is -0.343 e. The molecule has 2 N–H and O–H groups in total. The zero-order valence-electron chi connectivity index (χ0n) is 10.3. The molecule has 0 aliphatic carbocycles. The van der Waals surface area contributed by atoms with Crippen LogP contribution in [0.15, 0.2) is 23.2 Å². The molecule has 0 spiro atoms. The van der Waals surface area contributed by atoms with Crippen molar-refractivity contribution in [3.8, 4) is 0 Å². The third-order valence-electron chi connectivity index (χ3n) is 2.43. The van der Waals surface area contributed by atoms with Gasteiger partial charge in [0.1, 0.15) is 5.82 Å². The van der Waals surface area contributed by atoms with Gasteiger partial charge >= 0.3 is 0 Å². The van der Waals surface area contributed by atoms with Gasteiger partial charge in [-0.1, -0.05) is 29.4 Å². The van der Waals surface area contributed by atoms with Gasteiger partial charge in [0.2, 0.25) is 5.91 Å². The van der Waals surface area contributed by atoms with Crippen LogP contribution in [-0.2, 0) is 4.79 Å². The number of amidine groups is 1. The molecule has 20 heavy (non-hydrogen) atoms. The SMILES string of the molecule is O=C(CNC(=O)c1c(F)cccc1Cl)NC1=NCCS1. The number of amides is 2. The number of thioether (sulfide) groups is 1. The van der Waals surface area contributed by atoms with Crippen LogP contribution in [0.4, 0.5) is 4.39 Å². The molecule has 0 bridgehead atoms. The molecule has 0 atom stereocenters. The average molecular weight is 316 g/mol. The second-order valence-corrected chi connectivity index (χ2v) is 5.35. The van der Waals surface area contributed by atoms with Crippen molar-refractivity contribution in [2.24, 2.45) is 4.99 Å². The first-order valence-corrected chi connectivity index (χ1v) is 7.13. The van der Waals surface area contributed by atoms with Gasteiger partial charge in [-0.15, -0.1) is 0 Å². The Labute approximate surface area is 124 Å². The summed E-state index contributed by atoms with van der Waals surface area (Å²) in [5.74, 6) is -1.05. The molecule has 5 nitrogen and oxygen atoms in total. The molecule has 0 fully saturated rings. The van der Waals surface area contributed by atoms with Crippen LogP contribution < -0.4 is 10.6 Å². The fourth-order valence-electron chi connectivity index (χ4n) is 1.54. The fraction of sp³-hybridized carbons (Fsp3) is 0.250. The van der Waals surface area contributed by atoms with Crippen LogP contribution >= 0.6 is 23.4 Å². The maximum Gasteiger partial charge on any atom is 0.256 e. The van der Waals surface area contributed by atoms with Crippen LogP contribution in [0.3, 0.4) is 0 Å². The van der Waals surface area contributed by atoms with Gasteiger partial charge in [0.05, 0.1) is 23.7 Å². The lowest BCUT2D eigenvalue weighted by atomic mass is 10.2. The molecule has 1 aliphatic heterocycles. The molecule has 1 heterocycles. The minimum atomic E-state index is -0.732. The molecule has 0 saturated heterocycles. The van der Waals surface area contributed by atoms with Crippen molar-refractivity contribution < 1.29 is 14.0 Å². The molecule has 1 aromatic carbocycles. The maximum atomic E-state index is 13.5. The molecule has 8 heteroatoms. The molecule has 2 amide bonds. The van der Waals surface area contributed by atoms with Crippen LogP contribution in [0.25, 0.3) is 0 Å². The van der Waals surface area contributed by atoms with Crippen molar-refractivity contribution in [2.75, 3.05) is 18.8 Å². The normalized spacial score (nSPS) is 13.8. The van der Waals surface area contributed by atoms with Crippen LogP contribution in [0.2, 0.25) is 5.02 Å². The van der Waals surface area contributed by atoms with Crippen molar-refractivity contribution in [3.63, 3.8) is 0 Å². The summed E-state index contributed by atoms with van der Waals surface area (Å²) in [7, 11) is 0. The Bertz CT molecular complexity index is 560. The topological polar surface area (TPSA) is 70.6 Å². The lowest BCUT2D eigenvalue weighted by Crippen LogP contribution is -2.38. The van der Waals surface area contributed by atoms with E-state index in [1.165, 1.54) is 23.9 Å². The molecule has 0 saturated carbocycles. The second-order valence-electron chi connectivity index (χ2n) is 3.86. The van der Waals surface area contributed by atoms with Crippen molar-refractivity contribution in [2.45, 2.75) is 0 Å². The molecule has 0 radical (unpaired) electrons. The lowest BCUT2D eigenvalue weighted by molar-refractivity contribution is -0.118. The summed E-state index contributed by atoms with van der Waals surface area (Å²) in [6.07, 6.45) is 0. The zero-order valence-corrected chi connectivity index (χ0v) is 11.9. The summed E-state index contributed by atoms with van der Waals surface area (Å²) in [5.41, 5.74) is -0.269. The van der Waals surface area contributed by atoms with Gasteiger partial charge in [-0.05, 0) is 12.1 Å². The summed E-state index contributed by atoms with van der Waals surface area (Å²) in [6, 6.07) is 3.94. The van der Waals surface area contributed by atoms with Gasteiger partial charge in [0.25, 0.3) is 5.91 Å². The van der Waals surface area contributed by atoms with Crippen molar-refractivity contribution >= 4 is 40.3 Å². The van der Waals surface area contributed by atoms with E-state index in [9.17, 15) is 14.0 Å². The summed E-state index contributed by atoms with van der Waals surface area (Å²) >= 11 is 7.18. The average Bonchev–Trinajstić information content (AvgIpc) is 2.89. The van der Waals surface area contributed by atoms with Crippen molar-refractivity contribution in [3.05, 3.63) is 34.6 Å². The standard InChI is InChI=1S/C12H11ClFN3O2S/c13-7-2-1-3-8(14)10(7)11(19)16-6-9(18)17-12-15-4-5-20-12/h1-3H,4-6H2,(H,16,19)(H,15,17,18). The Morgan fingerprint density at radius 2 is 2.25 bits per heavy atom. The third kappa shape index (κ3) is 3.71. The highest BCUT2D eigenvalue weighted by Gasteiger charge is 2.17. The number of hydrogen-bond donors (Lipinski definition) is 2. The highest BCUT2D eigenvalue weighted by molar-refractivity contribution is 8.14. The molecular formula is C12H11ClFN3O2S. The predicted octanol–water partition coefficient (Wildman–Crippen LogP) is 1.43. The molecule has 1 aliphatic rings. The molecule has 2 rings (SSSR count). The number of nitrogens with zero attached hydrogens (tertiary/aromatic N) is 1. The Hall–Kier alpha value is -1.60. The summed E-state index contributed by atoms with van der Waals surface area (Å²) < 4.78 is 13.5. The minimum absolute atomic E-state index is 0.00127. The van der Waals surface area contributed by atoms with E-state index >= 15 is 0 Å². The summed E-state index contributed by atoms with van der Waals surface area (Å²) in [5, 5.41) is 5.40. The van der Waals surface area contributed by atoms with Crippen LogP contribution in [-0.4, -0.2) is 35.8 Å². The van der Waals surface area contributed by atoms with Gasteiger partial charge < -0.3 is 10.6 Å². The zero-order chi connectivity index (χ0) is 14.5. The Morgan fingerprint density at radius 3 is 2.90 bits per heavy atom. The fourth-order valence-corrected chi connectivity index (χ4v) is 2.53. The summed E-state index contributed by atoms with van der Waals surface area (Å²) in [4.78, 5) is 27.4. The number of rotatable bonds is 3. The number of benzene rings is 1. The third-order valence-corrected chi connectivity index (χ3v) is 3.64. The van der Waals surface area contributed by atoms with E-state index < -0.39 is 17.6 Å². The van der Waals surface area contributed by atoms with Crippen LogP contribution in [0, 0.1) is 5.82 Å². The van der Waals surface area contributed by atoms with E-state index in [4.69, 9.17) is 11.6 Å². The number of halogens is 2. The van der Waals surface area contributed by atoms with Gasteiger partial charge in [0.15, 0.2) is 5.17 Å². The molecule has 0 aromatic heterocycles. The largest absolute Gasteiger partial charge is 0.343 e. The first-order valence-electron chi connectivity index (χ1n) is 5.77. The van der Waals surface area contributed by atoms with E-state index in [1.54, 1.807) is 0 Å². The lowest BCUT2D eigenvalue weighted by Gasteiger charge is -2.08. The summed E-state index contributed by atoms with van der Waals surface area (Å²) in [6.45, 7) is 0.389. The molecule has 0 unspecified atom stereocenters. The first-order chi connectivity index (χ1) is 9.58. The van der Waals surface area contributed by atoms with E-state index in [0.29, 0.717) is 11.7 Å². The number of carbonyl (C=O) groups excluding carboxylic acids is 2. The Balaban J connectivity index is 1.90. The molecule has 1 aromatic rings. The number of aliphatic imine (C=N–C) groups is 1. The van der Waals surface area contributed by atoms with Gasteiger partial charge in [-0.25, -0.2) is 4.39 Å². The van der Waals surface area contributed by atoms with E-state index in [1.807, 2.05) is 0 Å². The monoisotopic (exact) mass is 315 g/mol. The first kappa shape index (κ1) is 14.8. The highest BCUT2D eigenvalue weighted by atomic mass is 35.5. The van der Waals surface area contributed by atoms with E-state index in [-0.39, 0.29) is 17.1 Å². The van der Waals surface area contributed by atoms with Crippen LogP contribution in [0.1, 0.15) is 10.4 Å². The number of nitrogens with one attached hydrogen (secondary N) is 2. The van der Waals surface area contributed by atoms with E-state index in [0.717, 1.165) is 11.8 Å². The number of carbonyl (C=O) groups is 2. The molecular weight excluding hydrogens is 305 g/mol. The molecule has 106 valence electrons. The van der Waals surface area contributed by atoms with Crippen LogP contribution in [0.5, 0.6) is 0 Å². The number of hydrogen-bond acceptors (Lipinski definition) is 4. The Kier molecular flexibility index (Phi) is 4.97. The quantitative estimate of drug-likeness (QED) is 0.886. The van der Waals surface area contributed by atoms with Gasteiger partial charge in [-0.2, -0.15) is 0 Å².